The number of aliphatic hydroxyl groups excluding tert-OH is 1. The number of aromatic nitrogens is 3. The molecule has 1 unspecified atom stereocenters. The molecule has 2 fully saturated rings. The number of hydrogen-bond donors (Lipinski definition) is 1. The first-order chi connectivity index (χ1) is 13.3. The van der Waals surface area contributed by atoms with Gasteiger partial charge >= 0.3 is 0 Å². The maximum absolute atomic E-state index is 13.1. The maximum atomic E-state index is 13.1. The Morgan fingerprint density at radius 1 is 1.39 bits per heavy atom. The minimum atomic E-state index is -0.484. The monoisotopic (exact) mass is 427 g/mol. The lowest BCUT2D eigenvalue weighted by Gasteiger charge is -2.31. The molecular weight excluding hydrogens is 398 g/mol. The quantitative estimate of drug-likeness (QED) is 0.683. The second-order valence-electron chi connectivity index (χ2n) is 8.23. The third-order valence-corrected chi connectivity index (χ3v) is 6.95. The van der Waals surface area contributed by atoms with E-state index in [4.69, 9.17) is 5.11 Å². The molecule has 0 aromatic carbocycles. The van der Waals surface area contributed by atoms with Gasteiger partial charge in [0.2, 0.25) is 11.8 Å². The van der Waals surface area contributed by atoms with E-state index in [9.17, 15) is 9.59 Å². The largest absolute Gasteiger partial charge is 0.396 e. The fourth-order valence-electron chi connectivity index (χ4n) is 3.45. The van der Waals surface area contributed by atoms with Crippen LogP contribution >= 0.6 is 23.5 Å². The van der Waals surface area contributed by atoms with E-state index in [0.717, 1.165) is 17.9 Å². The van der Waals surface area contributed by atoms with Gasteiger partial charge in [-0.15, -0.1) is 16.9 Å². The van der Waals surface area contributed by atoms with Gasteiger partial charge in [-0.25, -0.2) is 4.68 Å². The van der Waals surface area contributed by atoms with E-state index in [2.05, 4.69) is 10.3 Å². The number of nitrogens with zero attached hydrogens (tertiary/aromatic N) is 5. The molecule has 28 heavy (non-hydrogen) atoms. The van der Waals surface area contributed by atoms with Crippen molar-refractivity contribution in [1.29, 1.82) is 0 Å². The second-order valence-corrected chi connectivity index (χ2v) is 10.3. The van der Waals surface area contributed by atoms with Gasteiger partial charge in [-0.3, -0.25) is 9.59 Å². The van der Waals surface area contributed by atoms with E-state index in [1.807, 2.05) is 36.5 Å². The Morgan fingerprint density at radius 3 is 2.89 bits per heavy atom. The van der Waals surface area contributed by atoms with Crippen molar-refractivity contribution in [1.82, 2.24) is 24.8 Å². The van der Waals surface area contributed by atoms with Gasteiger partial charge in [0.05, 0.1) is 24.2 Å². The zero-order valence-electron chi connectivity index (χ0n) is 16.7. The molecule has 3 heterocycles. The third-order valence-electron chi connectivity index (χ3n) is 4.96. The first-order valence-electron chi connectivity index (χ1n) is 9.58. The van der Waals surface area contributed by atoms with Gasteiger partial charge in [0, 0.05) is 42.0 Å². The molecule has 0 bridgehead atoms. The van der Waals surface area contributed by atoms with Crippen LogP contribution in [0.4, 0.5) is 0 Å². The van der Waals surface area contributed by atoms with Crippen molar-refractivity contribution in [3.8, 4) is 0 Å². The molecule has 2 amide bonds. The maximum Gasteiger partial charge on any atom is 0.246 e. The summed E-state index contributed by atoms with van der Waals surface area (Å²) < 4.78 is 1.85. The molecule has 0 radical (unpaired) electrons. The number of aliphatic hydroxyl groups is 1. The van der Waals surface area contributed by atoms with Crippen molar-refractivity contribution in [2.24, 2.45) is 5.41 Å². The highest BCUT2D eigenvalue weighted by atomic mass is 32.2. The summed E-state index contributed by atoms with van der Waals surface area (Å²) in [5.74, 6) is 2.73. The summed E-state index contributed by atoms with van der Waals surface area (Å²) in [7, 11) is 0. The average Bonchev–Trinajstić information content (AvgIpc) is 3.39. The van der Waals surface area contributed by atoms with Crippen molar-refractivity contribution in [2.45, 2.75) is 45.0 Å². The predicted molar refractivity (Wildman–Crippen MR) is 111 cm³/mol. The summed E-state index contributed by atoms with van der Waals surface area (Å²) in [4.78, 5) is 29.4. The fraction of sp³-hybridized carbons (Fsp3) is 0.778. The standard InChI is InChI=1S/C18H29N5O3S2/c1-18(2,3)17(26)22-12-28-11-15(22)16(25)21-5-4-14(9-21)23-8-13(19-20-23)10-27-7-6-24/h8,14-15,24H,4-7,9-12H2,1-3H3/t14-,15?/m0/s1. The van der Waals surface area contributed by atoms with E-state index in [-0.39, 0.29) is 30.5 Å². The summed E-state index contributed by atoms with van der Waals surface area (Å²) >= 11 is 3.26. The molecule has 10 heteroatoms. The first-order valence-corrected chi connectivity index (χ1v) is 11.9. The Kier molecular flexibility index (Phi) is 6.93. The molecule has 0 aliphatic carbocycles. The van der Waals surface area contributed by atoms with E-state index in [0.29, 0.717) is 30.5 Å². The molecule has 1 aromatic rings. The zero-order valence-corrected chi connectivity index (χ0v) is 18.3. The zero-order chi connectivity index (χ0) is 20.3. The molecule has 0 spiro atoms. The lowest BCUT2D eigenvalue weighted by atomic mass is 9.94. The first kappa shape index (κ1) is 21.4. The summed E-state index contributed by atoms with van der Waals surface area (Å²) in [5.41, 5.74) is 0.402. The predicted octanol–water partition coefficient (Wildman–Crippen LogP) is 1.22. The van der Waals surface area contributed by atoms with Crippen molar-refractivity contribution in [2.75, 3.05) is 37.1 Å². The van der Waals surface area contributed by atoms with E-state index in [1.54, 1.807) is 28.4 Å². The summed E-state index contributed by atoms with van der Waals surface area (Å²) in [6, 6.07) is -0.245. The Labute approximate surface area is 174 Å². The topological polar surface area (TPSA) is 91.6 Å². The van der Waals surface area contributed by atoms with E-state index in [1.165, 1.54) is 0 Å². The number of rotatable bonds is 6. The van der Waals surface area contributed by atoms with E-state index < -0.39 is 5.41 Å². The van der Waals surface area contributed by atoms with Gasteiger partial charge in [-0.1, -0.05) is 26.0 Å². The number of carbonyl (C=O) groups is 2. The Morgan fingerprint density at radius 2 is 2.18 bits per heavy atom. The molecule has 0 saturated carbocycles. The van der Waals surface area contributed by atoms with Crippen LogP contribution in [0.5, 0.6) is 0 Å². The SMILES string of the molecule is CC(C)(C)C(=O)N1CSCC1C(=O)N1CC[C@H](n2cc(CSCCO)nn2)C1. The normalized spacial score (nSPS) is 22.9. The van der Waals surface area contributed by atoms with Crippen LogP contribution in [0.1, 0.15) is 38.9 Å². The van der Waals surface area contributed by atoms with Crippen LogP contribution in [-0.2, 0) is 15.3 Å². The van der Waals surface area contributed by atoms with Crippen LogP contribution in [0.2, 0.25) is 0 Å². The number of carbonyl (C=O) groups excluding carboxylic acids is 2. The summed E-state index contributed by atoms with van der Waals surface area (Å²) in [5, 5.41) is 17.3. The number of amides is 2. The second kappa shape index (κ2) is 9.04. The average molecular weight is 428 g/mol. The van der Waals surface area contributed by atoms with Gasteiger partial charge in [0.25, 0.3) is 0 Å². The van der Waals surface area contributed by atoms with E-state index >= 15 is 0 Å². The van der Waals surface area contributed by atoms with Gasteiger partial charge in [0.15, 0.2) is 0 Å². The van der Waals surface area contributed by atoms with Gasteiger partial charge in [0.1, 0.15) is 6.04 Å². The molecule has 2 atom stereocenters. The van der Waals surface area contributed by atoms with Crippen LogP contribution in [-0.4, -0.2) is 84.8 Å². The highest BCUT2D eigenvalue weighted by Crippen LogP contribution is 2.30. The minimum absolute atomic E-state index is 0.0351. The smallest absolute Gasteiger partial charge is 0.246 e. The molecule has 2 saturated heterocycles. The van der Waals surface area contributed by atoms with Gasteiger partial charge < -0.3 is 14.9 Å². The fourth-order valence-corrected chi connectivity index (χ4v) is 5.21. The van der Waals surface area contributed by atoms with Crippen molar-refractivity contribution in [3.05, 3.63) is 11.9 Å². The lowest BCUT2D eigenvalue weighted by molar-refractivity contribution is -0.147. The number of likely N-dealkylation sites (tertiary alicyclic amines) is 1. The van der Waals surface area contributed by atoms with Crippen LogP contribution in [0.25, 0.3) is 0 Å². The minimum Gasteiger partial charge on any atom is -0.396 e. The van der Waals surface area contributed by atoms with Gasteiger partial charge in [-0.05, 0) is 6.42 Å². The molecule has 1 aromatic heterocycles. The van der Waals surface area contributed by atoms with Crippen LogP contribution < -0.4 is 0 Å². The number of thioether (sulfide) groups is 2. The van der Waals surface area contributed by atoms with Crippen LogP contribution in [0.15, 0.2) is 6.20 Å². The summed E-state index contributed by atoms with van der Waals surface area (Å²) in [6.45, 7) is 7.13. The number of hydrogen-bond acceptors (Lipinski definition) is 7. The van der Waals surface area contributed by atoms with Crippen LogP contribution in [0.3, 0.4) is 0 Å². The lowest BCUT2D eigenvalue weighted by Crippen LogP contribution is -2.51. The van der Waals surface area contributed by atoms with Crippen LogP contribution in [0, 0.1) is 5.41 Å². The highest BCUT2D eigenvalue weighted by molar-refractivity contribution is 7.99. The highest BCUT2D eigenvalue weighted by Gasteiger charge is 2.42. The molecular formula is C18H29N5O3S2. The molecule has 156 valence electrons. The van der Waals surface area contributed by atoms with Gasteiger partial charge in [-0.2, -0.15) is 11.8 Å². The Bertz CT molecular complexity index is 706. The van der Waals surface area contributed by atoms with Crippen molar-refractivity contribution in [3.63, 3.8) is 0 Å². The Hall–Kier alpha value is -1.26. The molecule has 2 aliphatic rings. The third kappa shape index (κ3) is 4.83. The Balaban J connectivity index is 1.59. The van der Waals surface area contributed by atoms with Crippen molar-refractivity contribution >= 4 is 35.3 Å². The molecule has 3 rings (SSSR count). The molecule has 2 aliphatic heterocycles. The van der Waals surface area contributed by atoms with Crippen molar-refractivity contribution < 1.29 is 14.7 Å². The molecule has 8 nitrogen and oxygen atoms in total. The summed E-state index contributed by atoms with van der Waals surface area (Å²) in [6.07, 6.45) is 2.77. The molecule has 1 N–H and O–H groups in total.